The molecule has 1 unspecified atom stereocenters. The molecule has 6 N–H and O–H groups in total. The largest absolute Gasteiger partial charge is 0.480 e. The van der Waals surface area contributed by atoms with Gasteiger partial charge in [-0.1, -0.05) is 49.7 Å². The van der Waals surface area contributed by atoms with E-state index >= 15 is 0 Å². The normalized spacial score (nSPS) is 10.1. The van der Waals surface area contributed by atoms with Crippen molar-refractivity contribution in [3.63, 3.8) is 0 Å². The fourth-order valence-corrected chi connectivity index (χ4v) is 0.935. The lowest BCUT2D eigenvalue weighted by Gasteiger charge is -2.06. The second-order valence-corrected chi connectivity index (χ2v) is 3.61. The molecule has 6 heteroatoms. The molecule has 0 fully saturated rings. The Morgan fingerprint density at radius 2 is 1.75 bits per heavy atom. The first-order valence-electron chi connectivity index (χ1n) is 6.44. The molecule has 0 radical (unpaired) electrons. The predicted octanol–water partition coefficient (Wildman–Crippen LogP) is 0.494. The number of carboxylic acids is 1. The Kier molecular flexibility index (Phi) is 13.8. The van der Waals surface area contributed by atoms with Gasteiger partial charge in [-0.25, -0.2) is 0 Å². The van der Waals surface area contributed by atoms with Gasteiger partial charge in [-0.2, -0.15) is 0 Å². The molecule has 1 aromatic carbocycles. The van der Waals surface area contributed by atoms with Crippen LogP contribution in [0.2, 0.25) is 0 Å². The van der Waals surface area contributed by atoms with E-state index in [2.05, 4.69) is 24.4 Å². The first kappa shape index (κ1) is 20.4. The number of nitrogens with two attached hydrogens (primary N) is 2. The highest BCUT2D eigenvalue weighted by molar-refractivity contribution is 5.85. The second-order valence-electron chi connectivity index (χ2n) is 3.61. The van der Waals surface area contributed by atoms with E-state index in [0.717, 1.165) is 0 Å². The zero-order valence-electron chi connectivity index (χ0n) is 12.3. The van der Waals surface area contributed by atoms with Gasteiger partial charge < -0.3 is 21.9 Å². The van der Waals surface area contributed by atoms with Crippen molar-refractivity contribution >= 4 is 11.9 Å². The zero-order valence-corrected chi connectivity index (χ0v) is 12.3. The van der Waals surface area contributed by atoms with Crippen molar-refractivity contribution in [1.82, 2.24) is 5.32 Å². The maximum atomic E-state index is 10.7. The smallest absolute Gasteiger partial charge is 0.322 e. The van der Waals surface area contributed by atoms with Gasteiger partial charge in [-0.05, 0) is 6.92 Å². The Labute approximate surface area is 120 Å². The fraction of sp³-hybridized carbons (Fsp3) is 0.429. The summed E-state index contributed by atoms with van der Waals surface area (Å²) in [7, 11) is 0. The lowest BCUT2D eigenvalue weighted by molar-refractivity contribution is -0.138. The van der Waals surface area contributed by atoms with Gasteiger partial charge in [0.2, 0.25) is 5.91 Å². The molecular formula is C14H25N3O3. The van der Waals surface area contributed by atoms with Crippen LogP contribution in [-0.4, -0.2) is 36.1 Å². The lowest BCUT2D eigenvalue weighted by atomic mass is 10.2. The summed E-state index contributed by atoms with van der Waals surface area (Å²) in [4.78, 5) is 20.6. The average Bonchev–Trinajstić information content (AvgIpc) is 2.47. The summed E-state index contributed by atoms with van der Waals surface area (Å²) in [5, 5.41) is 10.2. The SMILES string of the molecule is CC.Cc1ccccc1.NCC(N)C(=O)NCC(=O)O. The number of aliphatic carboxylic acids is 1. The molecule has 0 aliphatic heterocycles. The van der Waals surface area contributed by atoms with Crippen LogP contribution in [0.4, 0.5) is 0 Å². The van der Waals surface area contributed by atoms with Crippen LogP contribution >= 0.6 is 0 Å². The van der Waals surface area contributed by atoms with Crippen LogP contribution in [0.25, 0.3) is 0 Å². The summed E-state index contributed by atoms with van der Waals surface area (Å²) >= 11 is 0. The van der Waals surface area contributed by atoms with E-state index in [9.17, 15) is 9.59 Å². The van der Waals surface area contributed by atoms with Gasteiger partial charge in [0.05, 0.1) is 6.04 Å². The van der Waals surface area contributed by atoms with Crippen molar-refractivity contribution < 1.29 is 14.7 Å². The molecule has 0 saturated carbocycles. The number of aryl methyl sites for hydroxylation is 1. The molecular weight excluding hydrogens is 258 g/mol. The van der Waals surface area contributed by atoms with E-state index in [0.29, 0.717) is 0 Å². The predicted molar refractivity (Wildman–Crippen MR) is 80.2 cm³/mol. The molecule has 20 heavy (non-hydrogen) atoms. The fourth-order valence-electron chi connectivity index (χ4n) is 0.935. The lowest BCUT2D eigenvalue weighted by Crippen LogP contribution is -2.46. The molecule has 0 aliphatic carbocycles. The number of hydrogen-bond acceptors (Lipinski definition) is 4. The Morgan fingerprint density at radius 1 is 1.25 bits per heavy atom. The third-order valence-corrected chi connectivity index (χ3v) is 1.95. The van der Waals surface area contributed by atoms with Gasteiger partial charge in [0.25, 0.3) is 0 Å². The van der Waals surface area contributed by atoms with Crippen LogP contribution < -0.4 is 16.8 Å². The van der Waals surface area contributed by atoms with Gasteiger partial charge in [0.15, 0.2) is 0 Å². The number of hydrogen-bond donors (Lipinski definition) is 4. The average molecular weight is 283 g/mol. The summed E-state index contributed by atoms with van der Waals surface area (Å²) in [5.74, 6) is -1.66. The van der Waals surface area contributed by atoms with Crippen molar-refractivity contribution in [2.45, 2.75) is 26.8 Å². The van der Waals surface area contributed by atoms with Crippen molar-refractivity contribution in [3.05, 3.63) is 35.9 Å². The standard InChI is InChI=1S/C7H8.C5H11N3O3.C2H6/c1-7-5-3-2-4-6-7;6-1-3(7)5(11)8-2-4(9)10;1-2/h2-6H,1H3;3H,1-2,6-7H2,(H,8,11)(H,9,10);1-2H3. The van der Waals surface area contributed by atoms with Crippen molar-refractivity contribution in [3.8, 4) is 0 Å². The topological polar surface area (TPSA) is 118 Å². The molecule has 1 atom stereocenters. The molecule has 0 aliphatic rings. The number of carboxylic acid groups (broad SMARTS) is 1. The highest BCUT2D eigenvalue weighted by Gasteiger charge is 2.10. The van der Waals surface area contributed by atoms with E-state index in [1.165, 1.54) is 5.56 Å². The quantitative estimate of drug-likeness (QED) is 0.641. The van der Waals surface area contributed by atoms with Crippen LogP contribution in [0.15, 0.2) is 30.3 Å². The minimum Gasteiger partial charge on any atom is -0.480 e. The summed E-state index contributed by atoms with van der Waals surface area (Å²) in [6, 6.07) is 9.44. The zero-order chi connectivity index (χ0) is 16.0. The Balaban J connectivity index is 0. The molecule has 0 spiro atoms. The number of carbonyl (C=O) groups is 2. The monoisotopic (exact) mass is 283 g/mol. The number of rotatable bonds is 4. The molecule has 6 nitrogen and oxygen atoms in total. The molecule has 0 saturated heterocycles. The summed E-state index contributed by atoms with van der Waals surface area (Å²) in [5.41, 5.74) is 11.5. The van der Waals surface area contributed by atoms with E-state index in [4.69, 9.17) is 16.6 Å². The Hall–Kier alpha value is -1.92. The summed E-state index contributed by atoms with van der Waals surface area (Å²) in [6.45, 7) is 5.66. The minimum absolute atomic E-state index is 0.00541. The van der Waals surface area contributed by atoms with E-state index in [-0.39, 0.29) is 6.54 Å². The molecule has 1 amide bonds. The maximum Gasteiger partial charge on any atom is 0.322 e. The van der Waals surface area contributed by atoms with Gasteiger partial charge >= 0.3 is 5.97 Å². The Bertz CT molecular complexity index is 369. The highest BCUT2D eigenvalue weighted by atomic mass is 16.4. The van der Waals surface area contributed by atoms with Gasteiger partial charge in [0, 0.05) is 6.54 Å². The van der Waals surface area contributed by atoms with Gasteiger partial charge in [-0.3, -0.25) is 9.59 Å². The summed E-state index contributed by atoms with van der Waals surface area (Å²) in [6.07, 6.45) is 0. The van der Waals surface area contributed by atoms with Crippen LogP contribution in [0.1, 0.15) is 19.4 Å². The van der Waals surface area contributed by atoms with Crippen LogP contribution in [-0.2, 0) is 9.59 Å². The first-order valence-corrected chi connectivity index (χ1v) is 6.44. The van der Waals surface area contributed by atoms with E-state index in [1.807, 2.05) is 32.0 Å². The minimum atomic E-state index is -1.11. The van der Waals surface area contributed by atoms with Crippen LogP contribution in [0.3, 0.4) is 0 Å². The van der Waals surface area contributed by atoms with E-state index < -0.39 is 24.5 Å². The van der Waals surface area contributed by atoms with Gasteiger partial charge in [0.1, 0.15) is 6.54 Å². The molecule has 1 rings (SSSR count). The molecule has 1 aromatic rings. The van der Waals surface area contributed by atoms with E-state index in [1.54, 1.807) is 0 Å². The maximum absolute atomic E-state index is 10.7. The van der Waals surface area contributed by atoms with Crippen LogP contribution in [0.5, 0.6) is 0 Å². The molecule has 0 heterocycles. The highest BCUT2D eigenvalue weighted by Crippen LogP contribution is 1.92. The number of carbonyl (C=O) groups excluding carboxylic acids is 1. The number of amides is 1. The van der Waals surface area contributed by atoms with Crippen molar-refractivity contribution in [2.24, 2.45) is 11.5 Å². The summed E-state index contributed by atoms with van der Waals surface area (Å²) < 4.78 is 0. The van der Waals surface area contributed by atoms with Crippen molar-refractivity contribution in [2.75, 3.05) is 13.1 Å². The number of nitrogens with one attached hydrogen (secondary N) is 1. The second kappa shape index (κ2) is 13.5. The Morgan fingerprint density at radius 3 is 2.05 bits per heavy atom. The molecule has 114 valence electrons. The third kappa shape index (κ3) is 12.5. The van der Waals surface area contributed by atoms with Crippen molar-refractivity contribution in [1.29, 1.82) is 0 Å². The first-order chi connectivity index (χ1) is 9.47. The van der Waals surface area contributed by atoms with Gasteiger partial charge in [-0.15, -0.1) is 0 Å². The third-order valence-electron chi connectivity index (χ3n) is 1.95. The molecule has 0 aromatic heterocycles. The molecule has 0 bridgehead atoms. The number of benzene rings is 1. The van der Waals surface area contributed by atoms with Crippen LogP contribution in [0, 0.1) is 6.92 Å².